The van der Waals surface area contributed by atoms with E-state index in [0.717, 1.165) is 37.1 Å². The fraction of sp³-hybridized carbons (Fsp3) is 0.320. The van der Waals surface area contributed by atoms with Crippen LogP contribution in [0.1, 0.15) is 25.3 Å². The van der Waals surface area contributed by atoms with Crippen LogP contribution in [0.15, 0.2) is 66.7 Å². The van der Waals surface area contributed by atoms with Gasteiger partial charge in [0.1, 0.15) is 5.75 Å². The molecule has 3 aromatic rings. The number of nitrogens with one attached hydrogen (secondary N) is 1. The molecule has 0 radical (unpaired) electrons. The number of rotatable bonds is 8. The van der Waals surface area contributed by atoms with Gasteiger partial charge < -0.3 is 15.0 Å². The van der Waals surface area contributed by atoms with Gasteiger partial charge in [-0.05, 0) is 53.8 Å². The molecular weight excluding hydrogens is 360 g/mol. The highest BCUT2D eigenvalue weighted by Gasteiger charge is 2.20. The van der Waals surface area contributed by atoms with Crippen molar-refractivity contribution >= 4 is 22.4 Å². The van der Waals surface area contributed by atoms with Crippen LogP contribution in [0.4, 0.5) is 5.69 Å². The fourth-order valence-electron chi connectivity index (χ4n) is 3.96. The fourth-order valence-corrected chi connectivity index (χ4v) is 3.96. The molecule has 0 aromatic heterocycles. The molecule has 1 N–H and O–H groups in total. The summed E-state index contributed by atoms with van der Waals surface area (Å²) in [5, 5.41) is 5.33. The van der Waals surface area contributed by atoms with Crippen LogP contribution in [0.2, 0.25) is 0 Å². The van der Waals surface area contributed by atoms with Crippen molar-refractivity contribution in [3.63, 3.8) is 0 Å². The van der Waals surface area contributed by atoms with Crippen molar-refractivity contribution in [2.75, 3.05) is 24.5 Å². The van der Waals surface area contributed by atoms with Crippen molar-refractivity contribution in [3.05, 3.63) is 72.3 Å². The maximum Gasteiger partial charge on any atom is 0.261 e. The van der Waals surface area contributed by atoms with Gasteiger partial charge in [0.15, 0.2) is 6.10 Å². The number of hydrogen-bond acceptors (Lipinski definition) is 3. The number of benzene rings is 3. The molecule has 4 nitrogen and oxygen atoms in total. The number of carbonyl (C=O) groups excluding carboxylic acids is 1. The van der Waals surface area contributed by atoms with Crippen molar-refractivity contribution in [2.24, 2.45) is 0 Å². The molecule has 0 bridgehead atoms. The van der Waals surface area contributed by atoms with Crippen molar-refractivity contribution in [2.45, 2.75) is 32.3 Å². The van der Waals surface area contributed by atoms with Crippen molar-refractivity contribution in [1.29, 1.82) is 0 Å². The highest BCUT2D eigenvalue weighted by molar-refractivity contribution is 5.84. The van der Waals surface area contributed by atoms with E-state index in [9.17, 15) is 4.79 Å². The van der Waals surface area contributed by atoms with E-state index in [-0.39, 0.29) is 5.91 Å². The molecule has 150 valence electrons. The van der Waals surface area contributed by atoms with Gasteiger partial charge in [-0.1, -0.05) is 55.5 Å². The topological polar surface area (TPSA) is 41.6 Å². The van der Waals surface area contributed by atoms with Crippen LogP contribution in [0, 0.1) is 0 Å². The predicted octanol–water partition coefficient (Wildman–Crippen LogP) is 4.57. The summed E-state index contributed by atoms with van der Waals surface area (Å²) in [7, 11) is 0. The Morgan fingerprint density at radius 3 is 2.72 bits per heavy atom. The Kier molecular flexibility index (Phi) is 5.99. The van der Waals surface area contributed by atoms with Crippen molar-refractivity contribution in [1.82, 2.24) is 5.32 Å². The zero-order chi connectivity index (χ0) is 20.1. The standard InChI is InChI=1S/C25H28N2O2/c1-2-24(29-22-13-12-19-8-3-4-10-21(19)18-22)25(28)26-15-7-16-27-17-14-20-9-5-6-11-23(20)27/h3-6,8-13,18,24H,2,7,14-17H2,1H3,(H,26,28)/t24-/m1/s1. The van der Waals surface area contributed by atoms with Gasteiger partial charge in [-0.25, -0.2) is 0 Å². The molecule has 1 amide bonds. The molecule has 4 heteroatoms. The first kappa shape index (κ1) is 19.3. The summed E-state index contributed by atoms with van der Waals surface area (Å²) >= 11 is 0. The van der Waals surface area contributed by atoms with Crippen LogP contribution in [-0.2, 0) is 11.2 Å². The molecule has 0 saturated carbocycles. The van der Waals surface area contributed by atoms with E-state index in [2.05, 4.69) is 46.6 Å². The Labute approximate surface area is 172 Å². The Balaban J connectivity index is 1.26. The maximum absolute atomic E-state index is 12.6. The number of nitrogens with zero attached hydrogens (tertiary/aromatic N) is 1. The number of carbonyl (C=O) groups is 1. The molecule has 1 heterocycles. The zero-order valence-corrected chi connectivity index (χ0v) is 16.9. The second-order valence-electron chi connectivity index (χ2n) is 7.53. The average molecular weight is 389 g/mol. The Morgan fingerprint density at radius 2 is 1.86 bits per heavy atom. The van der Waals surface area contributed by atoms with Crippen LogP contribution >= 0.6 is 0 Å². The number of anilines is 1. The highest BCUT2D eigenvalue weighted by atomic mass is 16.5. The second kappa shape index (κ2) is 8.99. The first-order chi connectivity index (χ1) is 14.2. The van der Waals surface area contributed by atoms with E-state index in [1.54, 1.807) is 0 Å². The molecule has 1 aliphatic heterocycles. The minimum atomic E-state index is -0.469. The van der Waals surface area contributed by atoms with E-state index in [4.69, 9.17) is 4.74 Å². The lowest BCUT2D eigenvalue weighted by molar-refractivity contribution is -0.128. The largest absolute Gasteiger partial charge is 0.481 e. The SMILES string of the molecule is CC[C@@H](Oc1ccc2ccccc2c1)C(=O)NCCCN1CCc2ccccc21. The van der Waals surface area contributed by atoms with E-state index in [1.807, 2.05) is 37.3 Å². The lowest BCUT2D eigenvalue weighted by Gasteiger charge is -2.20. The van der Waals surface area contributed by atoms with Gasteiger partial charge >= 0.3 is 0 Å². The predicted molar refractivity (Wildman–Crippen MR) is 119 cm³/mol. The third-order valence-electron chi connectivity index (χ3n) is 5.55. The first-order valence-corrected chi connectivity index (χ1v) is 10.5. The quantitative estimate of drug-likeness (QED) is 0.575. The molecule has 0 fully saturated rings. The van der Waals surface area contributed by atoms with Gasteiger partial charge in [0.25, 0.3) is 5.91 Å². The number of para-hydroxylation sites is 1. The zero-order valence-electron chi connectivity index (χ0n) is 16.9. The van der Waals surface area contributed by atoms with Crippen LogP contribution < -0.4 is 15.0 Å². The molecule has 1 aliphatic rings. The molecule has 0 spiro atoms. The minimum Gasteiger partial charge on any atom is -0.481 e. The lowest BCUT2D eigenvalue weighted by atomic mass is 10.1. The van der Waals surface area contributed by atoms with Gasteiger partial charge in [-0.3, -0.25) is 4.79 Å². The number of amides is 1. The third kappa shape index (κ3) is 4.53. The van der Waals surface area contributed by atoms with E-state index >= 15 is 0 Å². The van der Waals surface area contributed by atoms with Gasteiger partial charge in [0, 0.05) is 25.3 Å². The molecule has 4 rings (SSSR count). The monoisotopic (exact) mass is 388 g/mol. The van der Waals surface area contributed by atoms with Crippen LogP contribution in [-0.4, -0.2) is 31.6 Å². The molecule has 1 atom stereocenters. The molecule has 0 saturated heterocycles. The van der Waals surface area contributed by atoms with Crippen LogP contribution in [0.5, 0.6) is 5.75 Å². The van der Waals surface area contributed by atoms with Gasteiger partial charge in [0.05, 0.1) is 0 Å². The third-order valence-corrected chi connectivity index (χ3v) is 5.55. The Morgan fingerprint density at radius 1 is 1.07 bits per heavy atom. The first-order valence-electron chi connectivity index (χ1n) is 10.5. The summed E-state index contributed by atoms with van der Waals surface area (Å²) in [5.41, 5.74) is 2.76. The summed E-state index contributed by atoms with van der Waals surface area (Å²) in [6.45, 7) is 4.66. The smallest absolute Gasteiger partial charge is 0.261 e. The molecule has 3 aromatic carbocycles. The van der Waals surface area contributed by atoms with E-state index < -0.39 is 6.10 Å². The number of hydrogen-bond donors (Lipinski definition) is 1. The molecule has 0 aliphatic carbocycles. The van der Waals surface area contributed by atoms with Crippen LogP contribution in [0.25, 0.3) is 10.8 Å². The molecular formula is C25H28N2O2. The van der Waals surface area contributed by atoms with Crippen LogP contribution in [0.3, 0.4) is 0 Å². The Hall–Kier alpha value is -3.01. The summed E-state index contributed by atoms with van der Waals surface area (Å²) in [4.78, 5) is 15.0. The van der Waals surface area contributed by atoms with Gasteiger partial charge in [-0.15, -0.1) is 0 Å². The lowest BCUT2D eigenvalue weighted by Crippen LogP contribution is -2.39. The summed E-state index contributed by atoms with van der Waals surface area (Å²) in [6.07, 6.45) is 2.20. The highest BCUT2D eigenvalue weighted by Crippen LogP contribution is 2.27. The van der Waals surface area contributed by atoms with E-state index in [0.29, 0.717) is 13.0 Å². The number of ether oxygens (including phenoxy) is 1. The second-order valence-corrected chi connectivity index (χ2v) is 7.53. The average Bonchev–Trinajstić information content (AvgIpc) is 3.18. The summed E-state index contributed by atoms with van der Waals surface area (Å²) in [6, 6.07) is 22.7. The van der Waals surface area contributed by atoms with E-state index in [1.165, 1.54) is 16.6 Å². The summed E-state index contributed by atoms with van der Waals surface area (Å²) in [5.74, 6) is 0.696. The van der Waals surface area contributed by atoms with Gasteiger partial charge in [0.2, 0.25) is 0 Å². The van der Waals surface area contributed by atoms with Gasteiger partial charge in [-0.2, -0.15) is 0 Å². The Bertz CT molecular complexity index is 985. The molecule has 29 heavy (non-hydrogen) atoms. The summed E-state index contributed by atoms with van der Waals surface area (Å²) < 4.78 is 5.99. The molecule has 0 unspecified atom stereocenters. The maximum atomic E-state index is 12.6. The number of fused-ring (bicyclic) bond motifs is 2. The normalized spacial score (nSPS) is 13.9. The van der Waals surface area contributed by atoms with Crippen molar-refractivity contribution < 1.29 is 9.53 Å². The minimum absolute atomic E-state index is 0.0394. The van der Waals surface area contributed by atoms with Crippen molar-refractivity contribution in [3.8, 4) is 5.75 Å².